The van der Waals surface area contributed by atoms with Crippen molar-refractivity contribution in [2.24, 2.45) is 0 Å². The van der Waals surface area contributed by atoms with Crippen LogP contribution in [0.5, 0.6) is 0 Å². The Balaban J connectivity index is 1.97. The number of amides is 1. The van der Waals surface area contributed by atoms with Crippen molar-refractivity contribution >= 4 is 17.4 Å². The molecule has 0 saturated heterocycles. The number of hydrogen-bond donors (Lipinski definition) is 1. The molecule has 0 aromatic heterocycles. The molecule has 1 aliphatic rings. The first-order valence-corrected chi connectivity index (χ1v) is 7.33. The number of halogens is 1. The van der Waals surface area contributed by atoms with E-state index in [9.17, 15) is 19.1 Å². The fraction of sp³-hybridized carbons (Fsp3) is 0.158. The number of para-hydroxylation sites is 1. The van der Waals surface area contributed by atoms with Gasteiger partial charge in [0.1, 0.15) is 5.82 Å². The number of ketones is 1. The number of benzene rings is 2. The summed E-state index contributed by atoms with van der Waals surface area (Å²) < 4.78 is 13.0. The molecular weight excluding hydrogens is 309 g/mol. The van der Waals surface area contributed by atoms with Crippen molar-refractivity contribution < 1.29 is 19.1 Å². The van der Waals surface area contributed by atoms with Gasteiger partial charge in [-0.3, -0.25) is 14.5 Å². The lowest BCUT2D eigenvalue weighted by molar-refractivity contribution is -0.135. The average molecular weight is 323 g/mol. The van der Waals surface area contributed by atoms with Gasteiger partial charge in [0, 0.05) is 11.1 Å². The maximum Gasteiger partial charge on any atom is 0.265 e. The minimum atomic E-state index is -1.97. The molecule has 1 aliphatic heterocycles. The third-order valence-electron chi connectivity index (χ3n) is 4.07. The van der Waals surface area contributed by atoms with E-state index >= 15 is 0 Å². The van der Waals surface area contributed by atoms with Crippen LogP contribution in [0.15, 0.2) is 48.5 Å². The molecule has 2 aromatic rings. The average Bonchev–Trinajstić information content (AvgIpc) is 2.78. The van der Waals surface area contributed by atoms with Gasteiger partial charge < -0.3 is 5.11 Å². The summed E-state index contributed by atoms with van der Waals surface area (Å²) in [5.74, 6) is 0.829. The van der Waals surface area contributed by atoms with Gasteiger partial charge in [-0.05, 0) is 30.3 Å². The number of carbonyl (C=O) groups excluding carboxylic acids is 2. The van der Waals surface area contributed by atoms with E-state index in [1.54, 1.807) is 24.3 Å². The lowest BCUT2D eigenvalue weighted by Crippen LogP contribution is -2.42. The maximum atomic E-state index is 13.0. The number of hydrogen-bond acceptors (Lipinski definition) is 3. The van der Waals surface area contributed by atoms with Crippen molar-refractivity contribution in [3.63, 3.8) is 0 Å². The van der Waals surface area contributed by atoms with Gasteiger partial charge in [0.25, 0.3) is 5.91 Å². The van der Waals surface area contributed by atoms with Crippen LogP contribution in [0.3, 0.4) is 0 Å². The highest BCUT2D eigenvalue weighted by atomic mass is 19.1. The zero-order valence-corrected chi connectivity index (χ0v) is 12.7. The van der Waals surface area contributed by atoms with Crippen molar-refractivity contribution in [1.82, 2.24) is 0 Å². The van der Waals surface area contributed by atoms with Crippen molar-refractivity contribution in [3.8, 4) is 12.3 Å². The zero-order valence-electron chi connectivity index (χ0n) is 12.7. The van der Waals surface area contributed by atoms with Crippen LogP contribution >= 0.6 is 0 Å². The molecule has 0 aliphatic carbocycles. The summed E-state index contributed by atoms with van der Waals surface area (Å²) in [5, 5.41) is 10.9. The number of carbonyl (C=O) groups is 2. The van der Waals surface area contributed by atoms with E-state index in [2.05, 4.69) is 5.92 Å². The standard InChI is InChI=1S/C19H14FNO3/c1-2-11-21-16-6-4-3-5-15(16)19(24,18(21)23)12-17(22)13-7-9-14(20)10-8-13/h1,3-10,24H,11-12H2/t19-/m1/s1. The molecule has 24 heavy (non-hydrogen) atoms. The zero-order chi connectivity index (χ0) is 17.3. The Morgan fingerprint density at radius 2 is 1.88 bits per heavy atom. The molecule has 0 fully saturated rings. The second-order valence-electron chi connectivity index (χ2n) is 5.58. The van der Waals surface area contributed by atoms with Gasteiger partial charge in [-0.1, -0.05) is 24.1 Å². The molecule has 1 amide bonds. The quantitative estimate of drug-likeness (QED) is 0.694. The van der Waals surface area contributed by atoms with E-state index in [-0.39, 0.29) is 12.1 Å². The molecule has 0 radical (unpaired) electrons. The van der Waals surface area contributed by atoms with E-state index in [4.69, 9.17) is 6.42 Å². The molecule has 1 N–H and O–H groups in total. The second-order valence-corrected chi connectivity index (χ2v) is 5.58. The Morgan fingerprint density at radius 3 is 2.54 bits per heavy atom. The van der Waals surface area contributed by atoms with Crippen molar-refractivity contribution in [2.75, 3.05) is 11.4 Å². The number of rotatable bonds is 4. The van der Waals surface area contributed by atoms with Crippen LogP contribution in [0.25, 0.3) is 0 Å². The first kappa shape index (κ1) is 15.9. The fourth-order valence-electron chi connectivity index (χ4n) is 2.90. The van der Waals surface area contributed by atoms with Gasteiger partial charge in [-0.15, -0.1) is 6.42 Å². The van der Waals surface area contributed by atoms with Crippen LogP contribution < -0.4 is 4.90 Å². The molecule has 0 bridgehead atoms. The Morgan fingerprint density at radius 1 is 1.21 bits per heavy atom. The van der Waals surface area contributed by atoms with E-state index in [0.29, 0.717) is 11.3 Å². The summed E-state index contributed by atoms with van der Waals surface area (Å²) in [5.41, 5.74) is -0.903. The van der Waals surface area contributed by atoms with Crippen LogP contribution in [0.4, 0.5) is 10.1 Å². The monoisotopic (exact) mass is 323 g/mol. The van der Waals surface area contributed by atoms with Crippen molar-refractivity contribution in [3.05, 3.63) is 65.5 Å². The lowest BCUT2D eigenvalue weighted by Gasteiger charge is -2.21. The molecule has 1 heterocycles. The first-order chi connectivity index (χ1) is 11.5. The van der Waals surface area contributed by atoms with Crippen LogP contribution in [-0.4, -0.2) is 23.3 Å². The summed E-state index contributed by atoms with van der Waals surface area (Å²) >= 11 is 0. The summed E-state index contributed by atoms with van der Waals surface area (Å²) in [6, 6.07) is 11.6. The minimum Gasteiger partial charge on any atom is -0.375 e. The van der Waals surface area contributed by atoms with E-state index in [1.807, 2.05) is 0 Å². The van der Waals surface area contributed by atoms with Crippen molar-refractivity contribution in [1.29, 1.82) is 0 Å². The summed E-state index contributed by atoms with van der Waals surface area (Å²) in [6.45, 7) is 0.00287. The molecule has 0 unspecified atom stereocenters. The summed E-state index contributed by atoms with van der Waals surface area (Å²) in [4.78, 5) is 26.4. The van der Waals surface area contributed by atoms with Gasteiger partial charge in [-0.25, -0.2) is 4.39 Å². The molecule has 1 atom stereocenters. The van der Waals surface area contributed by atoms with E-state index < -0.39 is 29.5 Å². The predicted molar refractivity (Wildman–Crippen MR) is 86.9 cm³/mol. The number of anilines is 1. The lowest BCUT2D eigenvalue weighted by atomic mass is 9.88. The number of Topliss-reactive ketones (excluding diaryl/α,β-unsaturated/α-hetero) is 1. The van der Waals surface area contributed by atoms with Crippen LogP contribution in [0.1, 0.15) is 22.3 Å². The molecule has 0 saturated carbocycles. The Kier molecular flexibility index (Phi) is 3.92. The molecule has 5 heteroatoms. The molecule has 0 spiro atoms. The molecule has 4 nitrogen and oxygen atoms in total. The molecule has 120 valence electrons. The predicted octanol–water partition coefficient (Wildman–Crippen LogP) is 2.27. The summed E-state index contributed by atoms with van der Waals surface area (Å²) in [7, 11) is 0. The van der Waals surface area contributed by atoms with Gasteiger partial charge in [-0.2, -0.15) is 0 Å². The van der Waals surface area contributed by atoms with Gasteiger partial charge >= 0.3 is 0 Å². The third-order valence-corrected chi connectivity index (χ3v) is 4.07. The van der Waals surface area contributed by atoms with Gasteiger partial charge in [0.2, 0.25) is 0 Å². The van der Waals surface area contributed by atoms with Crippen molar-refractivity contribution in [2.45, 2.75) is 12.0 Å². The Hall–Kier alpha value is -2.97. The van der Waals surface area contributed by atoms with Crippen LogP contribution in [-0.2, 0) is 10.4 Å². The Labute approximate surface area is 138 Å². The topological polar surface area (TPSA) is 57.6 Å². The highest BCUT2D eigenvalue weighted by Crippen LogP contribution is 2.42. The number of aliphatic hydroxyl groups is 1. The van der Waals surface area contributed by atoms with E-state index in [1.165, 1.54) is 17.0 Å². The van der Waals surface area contributed by atoms with E-state index in [0.717, 1.165) is 12.1 Å². The Bertz CT molecular complexity index is 854. The minimum absolute atomic E-state index is 0.00287. The van der Waals surface area contributed by atoms with Gasteiger partial charge in [0.15, 0.2) is 11.4 Å². The van der Waals surface area contributed by atoms with Crippen LogP contribution in [0, 0.1) is 18.2 Å². The molecule has 3 rings (SSSR count). The number of terminal acetylenes is 1. The number of fused-ring (bicyclic) bond motifs is 1. The van der Waals surface area contributed by atoms with Gasteiger partial charge in [0.05, 0.1) is 18.7 Å². The number of nitrogens with zero attached hydrogens (tertiary/aromatic N) is 1. The van der Waals surface area contributed by atoms with Crippen LogP contribution in [0.2, 0.25) is 0 Å². The maximum absolute atomic E-state index is 13.0. The highest BCUT2D eigenvalue weighted by molar-refractivity contribution is 6.10. The highest BCUT2D eigenvalue weighted by Gasteiger charge is 2.50. The fourth-order valence-corrected chi connectivity index (χ4v) is 2.90. The third kappa shape index (κ3) is 2.47. The molecular formula is C19H14FNO3. The SMILES string of the molecule is C#CCN1C(=O)[C@@](O)(CC(=O)c2ccc(F)cc2)c2ccccc21. The first-order valence-electron chi connectivity index (χ1n) is 7.33. The molecule has 2 aromatic carbocycles. The largest absolute Gasteiger partial charge is 0.375 e. The second kappa shape index (κ2) is 5.91. The smallest absolute Gasteiger partial charge is 0.265 e. The summed E-state index contributed by atoms with van der Waals surface area (Å²) in [6.07, 6.45) is 4.86. The normalized spacial score (nSPS) is 19.0.